The SMILES string of the molecule is CC(C)(C)OC(=O)N1CCN[C@H]2CCC[C@H]21.Cl. The van der Waals surface area contributed by atoms with Gasteiger partial charge in [-0.3, -0.25) is 0 Å². The largest absolute Gasteiger partial charge is 0.444 e. The van der Waals surface area contributed by atoms with E-state index in [1.807, 2.05) is 25.7 Å². The first-order chi connectivity index (χ1) is 7.47. The van der Waals surface area contributed by atoms with E-state index in [2.05, 4.69) is 5.32 Å². The third-order valence-corrected chi connectivity index (χ3v) is 3.27. The molecule has 0 aromatic carbocycles. The van der Waals surface area contributed by atoms with Crippen molar-refractivity contribution < 1.29 is 9.53 Å². The average molecular weight is 263 g/mol. The third kappa shape index (κ3) is 3.49. The first-order valence-corrected chi connectivity index (χ1v) is 6.20. The van der Waals surface area contributed by atoms with Gasteiger partial charge in [-0.2, -0.15) is 0 Å². The van der Waals surface area contributed by atoms with Crippen LogP contribution < -0.4 is 5.32 Å². The highest BCUT2D eigenvalue weighted by atomic mass is 35.5. The Kier molecular flexibility index (Phi) is 4.67. The molecule has 17 heavy (non-hydrogen) atoms. The summed E-state index contributed by atoms with van der Waals surface area (Å²) in [7, 11) is 0. The molecular weight excluding hydrogens is 240 g/mol. The fraction of sp³-hybridized carbons (Fsp3) is 0.917. The number of amides is 1. The quantitative estimate of drug-likeness (QED) is 0.728. The average Bonchev–Trinajstić information content (AvgIpc) is 2.61. The van der Waals surface area contributed by atoms with Gasteiger partial charge in [0.2, 0.25) is 0 Å². The van der Waals surface area contributed by atoms with E-state index in [9.17, 15) is 4.79 Å². The number of piperazine rings is 1. The van der Waals surface area contributed by atoms with Crippen molar-refractivity contribution in [2.45, 2.75) is 57.7 Å². The summed E-state index contributed by atoms with van der Waals surface area (Å²) in [6, 6.07) is 0.838. The van der Waals surface area contributed by atoms with Crippen molar-refractivity contribution in [1.29, 1.82) is 0 Å². The number of halogens is 1. The second-order valence-electron chi connectivity index (χ2n) is 5.73. The summed E-state index contributed by atoms with van der Waals surface area (Å²) >= 11 is 0. The lowest BCUT2D eigenvalue weighted by molar-refractivity contribution is 0.00882. The van der Waals surface area contributed by atoms with Crippen LogP contribution >= 0.6 is 12.4 Å². The zero-order valence-electron chi connectivity index (χ0n) is 10.9. The van der Waals surface area contributed by atoms with Gasteiger partial charge in [0, 0.05) is 19.1 Å². The normalized spacial score (nSPS) is 28.3. The summed E-state index contributed by atoms with van der Waals surface area (Å²) in [5.74, 6) is 0. The van der Waals surface area contributed by atoms with E-state index >= 15 is 0 Å². The molecule has 5 heteroatoms. The van der Waals surface area contributed by atoms with Gasteiger partial charge in [0.25, 0.3) is 0 Å². The van der Waals surface area contributed by atoms with Crippen molar-refractivity contribution in [3.8, 4) is 0 Å². The number of carbonyl (C=O) groups excluding carboxylic acids is 1. The maximum absolute atomic E-state index is 12.0. The van der Waals surface area contributed by atoms with Gasteiger partial charge in [-0.25, -0.2) is 4.79 Å². The maximum Gasteiger partial charge on any atom is 0.410 e. The van der Waals surface area contributed by atoms with E-state index in [1.54, 1.807) is 0 Å². The molecule has 1 aliphatic carbocycles. The number of nitrogens with zero attached hydrogens (tertiary/aromatic N) is 1. The lowest BCUT2D eigenvalue weighted by Crippen LogP contribution is -2.57. The molecular formula is C12H23ClN2O2. The molecule has 1 aliphatic heterocycles. The maximum atomic E-state index is 12.0. The summed E-state index contributed by atoms with van der Waals surface area (Å²) < 4.78 is 5.44. The van der Waals surface area contributed by atoms with Crippen LogP contribution in [0.3, 0.4) is 0 Å². The standard InChI is InChI=1S/C12H22N2O2.ClH/c1-12(2,3)16-11(15)14-8-7-13-9-5-4-6-10(9)14;/h9-10,13H,4-8H2,1-3H3;1H/t9-,10+;/m0./s1. The Morgan fingerprint density at radius 1 is 1.35 bits per heavy atom. The summed E-state index contributed by atoms with van der Waals surface area (Å²) in [4.78, 5) is 13.9. The first kappa shape index (κ1) is 14.6. The molecule has 2 rings (SSSR count). The van der Waals surface area contributed by atoms with E-state index < -0.39 is 5.60 Å². The predicted octanol–water partition coefficient (Wildman–Crippen LogP) is 2.17. The van der Waals surface area contributed by atoms with Crippen LogP contribution in [0.5, 0.6) is 0 Å². The minimum Gasteiger partial charge on any atom is -0.444 e. The van der Waals surface area contributed by atoms with Crippen LogP contribution in [0.4, 0.5) is 4.79 Å². The highest BCUT2D eigenvalue weighted by Crippen LogP contribution is 2.27. The highest BCUT2D eigenvalue weighted by Gasteiger charge is 2.38. The summed E-state index contributed by atoms with van der Waals surface area (Å²) in [5, 5.41) is 3.48. The zero-order valence-corrected chi connectivity index (χ0v) is 11.7. The zero-order chi connectivity index (χ0) is 11.8. The van der Waals surface area contributed by atoms with E-state index in [0.717, 1.165) is 19.5 Å². The van der Waals surface area contributed by atoms with Gasteiger partial charge < -0.3 is 15.0 Å². The molecule has 2 atom stereocenters. The second-order valence-corrected chi connectivity index (χ2v) is 5.73. The molecule has 1 N–H and O–H groups in total. The van der Waals surface area contributed by atoms with Crippen molar-refractivity contribution in [1.82, 2.24) is 10.2 Å². The number of hydrogen-bond acceptors (Lipinski definition) is 3. The Bertz CT molecular complexity index is 278. The number of nitrogens with one attached hydrogen (secondary N) is 1. The molecule has 0 radical (unpaired) electrons. The van der Waals surface area contributed by atoms with E-state index in [0.29, 0.717) is 12.1 Å². The van der Waals surface area contributed by atoms with Crippen LogP contribution in [0.1, 0.15) is 40.0 Å². The van der Waals surface area contributed by atoms with Gasteiger partial charge in [-0.15, -0.1) is 12.4 Å². The number of carbonyl (C=O) groups is 1. The molecule has 1 saturated heterocycles. The Labute approximate surface area is 109 Å². The van der Waals surface area contributed by atoms with Crippen LogP contribution in [-0.4, -0.2) is 41.8 Å². The first-order valence-electron chi connectivity index (χ1n) is 6.20. The fourth-order valence-electron chi connectivity index (χ4n) is 2.64. The van der Waals surface area contributed by atoms with Crippen LogP contribution in [-0.2, 0) is 4.74 Å². The summed E-state index contributed by atoms with van der Waals surface area (Å²) in [5.41, 5.74) is -0.393. The Hall–Kier alpha value is -0.480. The van der Waals surface area contributed by atoms with Crippen molar-refractivity contribution in [3.05, 3.63) is 0 Å². The monoisotopic (exact) mass is 262 g/mol. The van der Waals surface area contributed by atoms with Gasteiger partial charge in [-0.05, 0) is 40.0 Å². The number of rotatable bonds is 0. The summed E-state index contributed by atoms with van der Waals surface area (Å²) in [6.07, 6.45) is 3.36. The van der Waals surface area contributed by atoms with Gasteiger partial charge in [0.15, 0.2) is 0 Å². The number of fused-ring (bicyclic) bond motifs is 1. The molecule has 1 amide bonds. The molecule has 0 aromatic rings. The minimum atomic E-state index is -0.393. The van der Waals surface area contributed by atoms with Crippen LogP contribution in [0.2, 0.25) is 0 Å². The molecule has 2 fully saturated rings. The van der Waals surface area contributed by atoms with E-state index in [-0.39, 0.29) is 18.5 Å². The van der Waals surface area contributed by atoms with Crippen molar-refractivity contribution >= 4 is 18.5 Å². The minimum absolute atomic E-state index is 0. The van der Waals surface area contributed by atoms with Gasteiger partial charge >= 0.3 is 6.09 Å². The number of hydrogen-bond donors (Lipinski definition) is 1. The molecule has 0 unspecified atom stereocenters. The lowest BCUT2D eigenvalue weighted by atomic mass is 10.1. The van der Waals surface area contributed by atoms with Crippen LogP contribution in [0, 0.1) is 0 Å². The molecule has 0 bridgehead atoms. The molecule has 1 heterocycles. The van der Waals surface area contributed by atoms with Gasteiger partial charge in [0.05, 0.1) is 6.04 Å². The lowest BCUT2D eigenvalue weighted by Gasteiger charge is -2.39. The Morgan fingerprint density at radius 3 is 2.71 bits per heavy atom. The van der Waals surface area contributed by atoms with Crippen LogP contribution in [0.25, 0.3) is 0 Å². The summed E-state index contributed by atoms with van der Waals surface area (Å²) in [6.45, 7) is 7.41. The van der Waals surface area contributed by atoms with Crippen molar-refractivity contribution in [3.63, 3.8) is 0 Å². The van der Waals surface area contributed by atoms with Crippen molar-refractivity contribution in [2.75, 3.05) is 13.1 Å². The topological polar surface area (TPSA) is 41.6 Å². The molecule has 2 aliphatic rings. The van der Waals surface area contributed by atoms with Gasteiger partial charge in [0.1, 0.15) is 5.60 Å². The number of ether oxygens (including phenoxy) is 1. The third-order valence-electron chi connectivity index (χ3n) is 3.27. The Balaban J connectivity index is 0.00000144. The smallest absolute Gasteiger partial charge is 0.410 e. The molecule has 4 nitrogen and oxygen atoms in total. The highest BCUT2D eigenvalue weighted by molar-refractivity contribution is 5.85. The van der Waals surface area contributed by atoms with E-state index in [4.69, 9.17) is 4.74 Å². The molecule has 0 aromatic heterocycles. The van der Waals surface area contributed by atoms with Gasteiger partial charge in [-0.1, -0.05) is 0 Å². The fourth-order valence-corrected chi connectivity index (χ4v) is 2.64. The molecule has 0 spiro atoms. The predicted molar refractivity (Wildman–Crippen MR) is 69.6 cm³/mol. The second kappa shape index (κ2) is 5.44. The van der Waals surface area contributed by atoms with E-state index in [1.165, 1.54) is 12.8 Å². The van der Waals surface area contributed by atoms with Crippen LogP contribution in [0.15, 0.2) is 0 Å². The Morgan fingerprint density at radius 2 is 2.06 bits per heavy atom. The molecule has 100 valence electrons. The van der Waals surface area contributed by atoms with Crippen molar-refractivity contribution in [2.24, 2.45) is 0 Å². The molecule has 1 saturated carbocycles.